The monoisotopic (exact) mass is 206 g/mol. The zero-order valence-electron chi connectivity index (χ0n) is 8.60. The molecule has 1 saturated carbocycles. The Bertz CT molecular complexity index is 323. The van der Waals surface area contributed by atoms with Crippen LogP contribution in [-0.2, 0) is 0 Å². The molecule has 0 heterocycles. The highest BCUT2D eigenvalue weighted by Gasteiger charge is 2.20. The van der Waals surface area contributed by atoms with Crippen molar-refractivity contribution in [1.82, 2.24) is 0 Å². The second-order valence-electron chi connectivity index (χ2n) is 4.03. The fraction of sp³-hybridized carbons (Fsp3) is 0.455. The average Bonchev–Trinajstić information content (AvgIpc) is 3.02. The van der Waals surface area contributed by atoms with Gasteiger partial charge in [0, 0.05) is 0 Å². The van der Waals surface area contributed by atoms with Gasteiger partial charge in [0.1, 0.15) is 5.75 Å². The molecule has 4 heteroatoms. The molecule has 1 aliphatic carbocycles. The molecule has 0 bridgehead atoms. The van der Waals surface area contributed by atoms with Gasteiger partial charge >= 0.3 is 7.12 Å². The van der Waals surface area contributed by atoms with Crippen LogP contribution in [0.25, 0.3) is 0 Å². The largest absolute Gasteiger partial charge is 0.494 e. The highest BCUT2D eigenvalue weighted by Crippen LogP contribution is 2.32. The SMILES string of the molecule is OB(O)c1cccc(OCCC2CC2)c1. The van der Waals surface area contributed by atoms with E-state index in [0.717, 1.165) is 18.9 Å². The van der Waals surface area contributed by atoms with E-state index in [0.29, 0.717) is 11.2 Å². The molecule has 0 atom stereocenters. The summed E-state index contributed by atoms with van der Waals surface area (Å²) in [7, 11) is -1.42. The van der Waals surface area contributed by atoms with E-state index in [9.17, 15) is 0 Å². The van der Waals surface area contributed by atoms with Gasteiger partial charge < -0.3 is 14.8 Å². The Labute approximate surface area is 89.8 Å². The summed E-state index contributed by atoms with van der Waals surface area (Å²) in [5.41, 5.74) is 0.471. The summed E-state index contributed by atoms with van der Waals surface area (Å²) in [5, 5.41) is 17.9. The van der Waals surface area contributed by atoms with Crippen LogP contribution >= 0.6 is 0 Å². The van der Waals surface area contributed by atoms with Crippen molar-refractivity contribution in [3.8, 4) is 5.75 Å². The number of hydrogen-bond acceptors (Lipinski definition) is 3. The lowest BCUT2D eigenvalue weighted by atomic mass is 9.80. The number of rotatable bonds is 5. The van der Waals surface area contributed by atoms with E-state index in [4.69, 9.17) is 14.8 Å². The fourth-order valence-corrected chi connectivity index (χ4v) is 1.51. The molecule has 2 rings (SSSR count). The Morgan fingerprint density at radius 3 is 2.80 bits per heavy atom. The van der Waals surface area contributed by atoms with Gasteiger partial charge in [-0.15, -0.1) is 0 Å². The van der Waals surface area contributed by atoms with Crippen molar-refractivity contribution >= 4 is 12.6 Å². The van der Waals surface area contributed by atoms with Gasteiger partial charge in [0.2, 0.25) is 0 Å². The molecule has 2 N–H and O–H groups in total. The first kappa shape index (κ1) is 10.5. The summed E-state index contributed by atoms with van der Waals surface area (Å²) < 4.78 is 5.53. The van der Waals surface area contributed by atoms with Crippen molar-refractivity contribution in [2.45, 2.75) is 19.3 Å². The highest BCUT2D eigenvalue weighted by molar-refractivity contribution is 6.58. The third kappa shape index (κ3) is 3.25. The van der Waals surface area contributed by atoms with E-state index >= 15 is 0 Å². The number of ether oxygens (including phenoxy) is 1. The second-order valence-corrected chi connectivity index (χ2v) is 4.03. The average molecular weight is 206 g/mol. The van der Waals surface area contributed by atoms with Crippen molar-refractivity contribution < 1.29 is 14.8 Å². The van der Waals surface area contributed by atoms with E-state index in [1.165, 1.54) is 12.8 Å². The van der Waals surface area contributed by atoms with E-state index in [1.807, 2.05) is 6.07 Å². The van der Waals surface area contributed by atoms with Crippen molar-refractivity contribution in [2.24, 2.45) is 5.92 Å². The van der Waals surface area contributed by atoms with Gasteiger partial charge in [-0.2, -0.15) is 0 Å². The Morgan fingerprint density at radius 1 is 1.33 bits per heavy atom. The quantitative estimate of drug-likeness (QED) is 0.691. The standard InChI is InChI=1S/C11H15BO3/c13-12(14)10-2-1-3-11(8-10)15-7-6-9-4-5-9/h1-3,8-9,13-14H,4-7H2. The zero-order chi connectivity index (χ0) is 10.7. The van der Waals surface area contributed by atoms with Crippen molar-refractivity contribution in [1.29, 1.82) is 0 Å². The van der Waals surface area contributed by atoms with Crippen LogP contribution in [0.2, 0.25) is 0 Å². The van der Waals surface area contributed by atoms with Gasteiger partial charge in [0.15, 0.2) is 0 Å². The summed E-state index contributed by atoms with van der Waals surface area (Å²) in [5.74, 6) is 1.57. The van der Waals surface area contributed by atoms with Gasteiger partial charge in [-0.3, -0.25) is 0 Å². The van der Waals surface area contributed by atoms with E-state index in [1.54, 1.807) is 18.2 Å². The molecule has 0 aliphatic heterocycles. The first-order valence-electron chi connectivity index (χ1n) is 5.34. The Hall–Kier alpha value is -0.995. The van der Waals surface area contributed by atoms with Gasteiger partial charge in [-0.1, -0.05) is 25.0 Å². The molecule has 1 aromatic rings. The molecule has 0 amide bonds. The number of benzene rings is 1. The second kappa shape index (κ2) is 4.68. The molecule has 80 valence electrons. The van der Waals surface area contributed by atoms with E-state index < -0.39 is 7.12 Å². The van der Waals surface area contributed by atoms with Crippen LogP contribution in [0.15, 0.2) is 24.3 Å². The van der Waals surface area contributed by atoms with E-state index in [-0.39, 0.29) is 0 Å². The van der Waals surface area contributed by atoms with Crippen LogP contribution in [0.3, 0.4) is 0 Å². The third-order valence-electron chi connectivity index (χ3n) is 2.65. The summed E-state index contributed by atoms with van der Waals surface area (Å²) >= 11 is 0. The topological polar surface area (TPSA) is 49.7 Å². The molecule has 1 aromatic carbocycles. The molecular formula is C11H15BO3. The van der Waals surface area contributed by atoms with E-state index in [2.05, 4.69) is 0 Å². The van der Waals surface area contributed by atoms with Gasteiger partial charge in [-0.05, 0) is 29.9 Å². The first-order chi connectivity index (χ1) is 7.25. The first-order valence-corrected chi connectivity index (χ1v) is 5.34. The fourth-order valence-electron chi connectivity index (χ4n) is 1.51. The normalized spacial score (nSPS) is 15.1. The van der Waals surface area contributed by atoms with Gasteiger partial charge in [0.05, 0.1) is 6.61 Å². The Morgan fingerprint density at radius 2 is 2.13 bits per heavy atom. The predicted molar refractivity (Wildman–Crippen MR) is 59.1 cm³/mol. The van der Waals surface area contributed by atoms with Crippen LogP contribution in [-0.4, -0.2) is 23.8 Å². The van der Waals surface area contributed by atoms with Gasteiger partial charge in [-0.25, -0.2) is 0 Å². The van der Waals surface area contributed by atoms with Crippen LogP contribution in [0.1, 0.15) is 19.3 Å². The molecule has 1 fully saturated rings. The summed E-state index contributed by atoms with van der Waals surface area (Å²) in [6.45, 7) is 0.718. The molecular weight excluding hydrogens is 191 g/mol. The summed E-state index contributed by atoms with van der Waals surface area (Å²) in [4.78, 5) is 0. The minimum atomic E-state index is -1.42. The lowest BCUT2D eigenvalue weighted by molar-refractivity contribution is 0.302. The smallest absolute Gasteiger partial charge is 0.488 e. The van der Waals surface area contributed by atoms with Gasteiger partial charge in [0.25, 0.3) is 0 Å². The lowest BCUT2D eigenvalue weighted by Gasteiger charge is -2.07. The number of hydrogen-bond donors (Lipinski definition) is 2. The van der Waals surface area contributed by atoms with Crippen molar-refractivity contribution in [3.05, 3.63) is 24.3 Å². The summed E-state index contributed by atoms with van der Waals surface area (Å²) in [6, 6.07) is 6.93. The zero-order valence-corrected chi connectivity index (χ0v) is 8.60. The molecule has 0 spiro atoms. The van der Waals surface area contributed by atoms with Crippen molar-refractivity contribution in [3.63, 3.8) is 0 Å². The van der Waals surface area contributed by atoms with Crippen LogP contribution in [0, 0.1) is 5.92 Å². The summed E-state index contributed by atoms with van der Waals surface area (Å²) in [6.07, 6.45) is 3.77. The molecule has 1 aliphatic rings. The molecule has 0 unspecified atom stereocenters. The molecule has 0 aromatic heterocycles. The lowest BCUT2D eigenvalue weighted by Crippen LogP contribution is -2.29. The Kier molecular flexibility index (Phi) is 3.28. The molecule has 0 saturated heterocycles. The maximum atomic E-state index is 8.97. The van der Waals surface area contributed by atoms with Crippen molar-refractivity contribution in [2.75, 3.05) is 6.61 Å². The third-order valence-corrected chi connectivity index (χ3v) is 2.65. The molecule has 0 radical (unpaired) electrons. The minimum absolute atomic E-state index is 0.471. The Balaban J connectivity index is 1.86. The maximum Gasteiger partial charge on any atom is 0.488 e. The maximum absolute atomic E-state index is 8.97. The van der Waals surface area contributed by atoms with Crippen LogP contribution in [0.5, 0.6) is 5.75 Å². The van der Waals surface area contributed by atoms with Crippen LogP contribution in [0.4, 0.5) is 0 Å². The highest BCUT2D eigenvalue weighted by atomic mass is 16.5. The molecule has 3 nitrogen and oxygen atoms in total. The minimum Gasteiger partial charge on any atom is -0.494 e. The van der Waals surface area contributed by atoms with Crippen LogP contribution < -0.4 is 10.2 Å². The predicted octanol–water partition coefficient (Wildman–Crippen LogP) is 0.545. The molecule has 15 heavy (non-hydrogen) atoms.